The zero-order chi connectivity index (χ0) is 29.8. The number of hydrogen-bond acceptors (Lipinski definition) is 7. The SMILES string of the molecule is CCSCc1ccc2c(c1)c1c3c(c4c5cc(CSCC)ccc5n5c4c1n2C1C[C@@](O)(C(=O)OC)[C@@]5(C)O1)CNC3=O. The number of fused-ring (bicyclic) bond motifs is 13. The third kappa shape index (κ3) is 3.38. The lowest BCUT2D eigenvalue weighted by atomic mass is 9.88. The molecule has 3 aliphatic rings. The van der Waals surface area contributed by atoms with Crippen molar-refractivity contribution in [3.8, 4) is 0 Å². The highest BCUT2D eigenvalue weighted by atomic mass is 32.2. The minimum atomic E-state index is -1.95. The lowest BCUT2D eigenvalue weighted by Crippen LogP contribution is -2.56. The number of hydrogen-bond donors (Lipinski definition) is 2. The molecule has 43 heavy (non-hydrogen) atoms. The van der Waals surface area contributed by atoms with Gasteiger partial charge in [-0.3, -0.25) is 4.79 Å². The van der Waals surface area contributed by atoms with Gasteiger partial charge in [-0.15, -0.1) is 0 Å². The molecule has 3 aromatic carbocycles. The molecule has 222 valence electrons. The molecule has 3 atom stereocenters. The third-order valence-corrected chi connectivity index (χ3v) is 11.5. The van der Waals surface area contributed by atoms with Crippen LogP contribution in [0, 0.1) is 0 Å². The third-order valence-electron chi connectivity index (χ3n) is 9.62. The Morgan fingerprint density at radius 1 is 1.05 bits per heavy atom. The quantitative estimate of drug-likeness (QED) is 0.212. The molecule has 5 heterocycles. The van der Waals surface area contributed by atoms with Gasteiger partial charge in [0.1, 0.15) is 6.23 Å². The Labute approximate surface area is 257 Å². The molecule has 3 aliphatic heterocycles. The van der Waals surface area contributed by atoms with E-state index in [-0.39, 0.29) is 12.3 Å². The van der Waals surface area contributed by atoms with Gasteiger partial charge in [0.2, 0.25) is 5.60 Å². The van der Waals surface area contributed by atoms with Crippen molar-refractivity contribution in [3.05, 3.63) is 58.7 Å². The van der Waals surface area contributed by atoms with E-state index in [0.717, 1.165) is 72.2 Å². The van der Waals surface area contributed by atoms with E-state index in [1.54, 1.807) is 6.92 Å². The number of benzene rings is 3. The summed E-state index contributed by atoms with van der Waals surface area (Å²) in [4.78, 5) is 27.1. The molecule has 10 heteroatoms. The summed E-state index contributed by atoms with van der Waals surface area (Å²) in [5.41, 5.74) is 4.14. The van der Waals surface area contributed by atoms with Gasteiger partial charge in [0.25, 0.3) is 5.91 Å². The largest absolute Gasteiger partial charge is 0.467 e. The average molecular weight is 616 g/mol. The van der Waals surface area contributed by atoms with Crippen LogP contribution < -0.4 is 5.32 Å². The fourth-order valence-corrected chi connectivity index (χ4v) is 8.95. The topological polar surface area (TPSA) is 94.7 Å². The molecule has 8 nitrogen and oxygen atoms in total. The normalized spacial score (nSPS) is 24.0. The van der Waals surface area contributed by atoms with Crippen LogP contribution in [0.4, 0.5) is 0 Å². The van der Waals surface area contributed by atoms with Gasteiger partial charge >= 0.3 is 5.97 Å². The lowest BCUT2D eigenvalue weighted by Gasteiger charge is -2.37. The highest BCUT2D eigenvalue weighted by Gasteiger charge is 2.65. The van der Waals surface area contributed by atoms with E-state index >= 15 is 0 Å². The maximum atomic E-state index is 13.7. The van der Waals surface area contributed by atoms with Gasteiger partial charge in [-0.05, 0) is 59.4 Å². The molecule has 0 aliphatic carbocycles. The zero-order valence-electron chi connectivity index (χ0n) is 24.6. The first-order chi connectivity index (χ1) is 20.8. The second-order valence-corrected chi connectivity index (χ2v) is 14.3. The fraction of sp³-hybridized carbons (Fsp3) is 0.394. The van der Waals surface area contributed by atoms with Crippen LogP contribution in [-0.2, 0) is 38.0 Å². The second-order valence-electron chi connectivity index (χ2n) is 11.8. The molecule has 1 unspecified atom stereocenters. The van der Waals surface area contributed by atoms with Gasteiger partial charge in [-0.2, -0.15) is 23.5 Å². The molecule has 0 saturated carbocycles. The average Bonchev–Trinajstić information content (AvgIpc) is 3.70. The number of methoxy groups -OCH3 is 1. The number of carbonyl (C=O) groups is 2. The van der Waals surface area contributed by atoms with E-state index in [2.05, 4.69) is 60.1 Å². The van der Waals surface area contributed by atoms with Gasteiger partial charge < -0.3 is 29.0 Å². The number of rotatable bonds is 7. The minimum Gasteiger partial charge on any atom is -0.467 e. The number of ether oxygens (including phenoxy) is 2. The number of nitrogens with one attached hydrogen (secondary N) is 1. The smallest absolute Gasteiger partial charge is 0.343 e. The van der Waals surface area contributed by atoms with E-state index < -0.39 is 23.5 Å². The number of thioether (sulfide) groups is 2. The van der Waals surface area contributed by atoms with Crippen molar-refractivity contribution in [2.75, 3.05) is 18.6 Å². The summed E-state index contributed by atoms with van der Waals surface area (Å²) < 4.78 is 16.2. The molecular weight excluding hydrogens is 583 g/mol. The Bertz CT molecular complexity index is 2050. The standard InChI is InChI=1S/C33H33N3O5S2/c1-5-42-15-17-7-9-22-19(11-17)26-27-21(14-34-30(27)37)25-20-12-18(16-43-6-2)8-10-23(20)36-29(25)28(26)35(22)24-13-33(39,31(38)40-4)32(36,3)41-24/h7-12,24,39H,5-6,13-16H2,1-4H3,(H,34,37)/t24?,32-,33-/m1/s1. The monoisotopic (exact) mass is 615 g/mol. The summed E-state index contributed by atoms with van der Waals surface area (Å²) in [6.07, 6.45) is -0.650. The van der Waals surface area contributed by atoms with Crippen LogP contribution in [0.5, 0.6) is 0 Å². The molecule has 2 N–H and O–H groups in total. The molecule has 2 aromatic heterocycles. The van der Waals surface area contributed by atoms with Crippen molar-refractivity contribution in [1.82, 2.24) is 14.5 Å². The van der Waals surface area contributed by atoms with Crippen LogP contribution >= 0.6 is 23.5 Å². The number of aromatic nitrogens is 2. The maximum absolute atomic E-state index is 13.7. The van der Waals surface area contributed by atoms with Crippen LogP contribution in [-0.4, -0.2) is 50.3 Å². The van der Waals surface area contributed by atoms with E-state index in [4.69, 9.17) is 9.47 Å². The van der Waals surface area contributed by atoms with Crippen molar-refractivity contribution in [3.63, 3.8) is 0 Å². The summed E-state index contributed by atoms with van der Waals surface area (Å²) in [5, 5.41) is 19.2. The molecule has 1 fully saturated rings. The van der Waals surface area contributed by atoms with Crippen molar-refractivity contribution in [2.45, 2.75) is 62.8 Å². The maximum Gasteiger partial charge on any atom is 0.343 e. The van der Waals surface area contributed by atoms with Crippen molar-refractivity contribution in [2.24, 2.45) is 0 Å². The first-order valence-electron chi connectivity index (χ1n) is 14.8. The van der Waals surface area contributed by atoms with E-state index in [1.165, 1.54) is 18.2 Å². The van der Waals surface area contributed by atoms with Crippen molar-refractivity contribution < 1.29 is 24.2 Å². The highest BCUT2D eigenvalue weighted by Crippen LogP contribution is 2.58. The number of amides is 1. The van der Waals surface area contributed by atoms with Crippen LogP contribution in [0.25, 0.3) is 43.6 Å². The molecule has 0 radical (unpaired) electrons. The Kier molecular flexibility index (Phi) is 5.99. The van der Waals surface area contributed by atoms with Gasteiger partial charge in [0, 0.05) is 46.0 Å². The fourth-order valence-electron chi connectivity index (χ4n) is 7.71. The van der Waals surface area contributed by atoms with E-state index in [9.17, 15) is 14.7 Å². The predicted molar refractivity (Wildman–Crippen MR) is 173 cm³/mol. The number of nitrogens with zero attached hydrogens (tertiary/aromatic N) is 2. The molecular formula is C33H33N3O5S2. The van der Waals surface area contributed by atoms with Gasteiger partial charge in [0.05, 0.1) is 34.7 Å². The van der Waals surface area contributed by atoms with Crippen LogP contribution in [0.15, 0.2) is 36.4 Å². The van der Waals surface area contributed by atoms with Gasteiger partial charge in [-0.25, -0.2) is 4.79 Å². The Morgan fingerprint density at radius 2 is 1.70 bits per heavy atom. The summed E-state index contributed by atoms with van der Waals surface area (Å²) in [6.45, 7) is 6.50. The Balaban J connectivity index is 1.60. The van der Waals surface area contributed by atoms with Crippen molar-refractivity contribution >= 4 is 79.0 Å². The first-order valence-corrected chi connectivity index (χ1v) is 17.1. The summed E-state index contributed by atoms with van der Waals surface area (Å²) in [6, 6.07) is 12.8. The van der Waals surface area contributed by atoms with Crippen molar-refractivity contribution in [1.29, 1.82) is 0 Å². The summed E-state index contributed by atoms with van der Waals surface area (Å²) >= 11 is 3.71. The van der Waals surface area contributed by atoms with Crippen LogP contribution in [0.3, 0.4) is 0 Å². The molecule has 1 saturated heterocycles. The minimum absolute atomic E-state index is 0.0115. The van der Waals surface area contributed by atoms with Gasteiger partial charge in [0.15, 0.2) is 5.72 Å². The summed E-state index contributed by atoms with van der Waals surface area (Å²) in [7, 11) is 1.30. The molecule has 0 spiro atoms. The first kappa shape index (κ1) is 27.4. The molecule has 2 bridgehead atoms. The van der Waals surface area contributed by atoms with E-state index in [1.807, 2.05) is 28.1 Å². The molecule has 5 aromatic rings. The number of carbonyl (C=O) groups excluding carboxylic acids is 2. The van der Waals surface area contributed by atoms with Crippen LogP contribution in [0.1, 0.15) is 60.5 Å². The summed E-state index contributed by atoms with van der Waals surface area (Å²) in [5.74, 6) is 2.95. The number of aliphatic hydroxyl groups is 1. The Morgan fingerprint density at radius 3 is 2.35 bits per heavy atom. The molecule has 1 amide bonds. The second kappa shape index (κ2) is 9.41. The predicted octanol–water partition coefficient (Wildman–Crippen LogP) is 6.16. The highest BCUT2D eigenvalue weighted by molar-refractivity contribution is 7.98. The zero-order valence-corrected chi connectivity index (χ0v) is 26.2. The Hall–Kier alpha value is -3.18. The lowest BCUT2D eigenvalue weighted by molar-refractivity contribution is -0.202. The number of esters is 1. The van der Waals surface area contributed by atoms with Crippen LogP contribution in [0.2, 0.25) is 0 Å². The molecule has 8 rings (SSSR count). The van der Waals surface area contributed by atoms with E-state index in [0.29, 0.717) is 12.1 Å². The van der Waals surface area contributed by atoms with Gasteiger partial charge in [-0.1, -0.05) is 26.0 Å².